The number of hydrogen-bond acceptors (Lipinski definition) is 4. The van der Waals surface area contributed by atoms with Gasteiger partial charge in [0.05, 0.1) is 22.3 Å². The maximum absolute atomic E-state index is 13.4. The Balaban J connectivity index is 1.75. The molecule has 5 nitrogen and oxygen atoms in total. The van der Waals surface area contributed by atoms with Gasteiger partial charge >= 0.3 is 0 Å². The molecule has 1 aliphatic rings. The van der Waals surface area contributed by atoms with Gasteiger partial charge in [0.1, 0.15) is 11.9 Å². The number of carbonyl (C=O) groups is 2. The fourth-order valence-corrected chi connectivity index (χ4v) is 3.88. The van der Waals surface area contributed by atoms with Crippen LogP contribution in [0.15, 0.2) is 35.9 Å². The monoisotopic (exact) mass is 393 g/mol. The lowest BCUT2D eigenvalue weighted by Crippen LogP contribution is -2.34. The number of allylic oxidation sites excluding steroid dienone is 2. The molecule has 0 spiro atoms. The van der Waals surface area contributed by atoms with Crippen LogP contribution in [0.5, 0.6) is 0 Å². The summed E-state index contributed by atoms with van der Waals surface area (Å²) in [6, 6.07) is 8.06. The van der Waals surface area contributed by atoms with Crippen molar-refractivity contribution in [3.8, 4) is 6.07 Å². The standard InChI is InChI=1S/C23H24FN3O2/c1-14-19(10-16-5-6-18(24)11-20(16)26-14)22(29)27(4)8-7-15-9-17(13-25)21(28)23(2,3)12-15/h5-6,9-11,15H,7-8,12H2,1-4H3/t15-/m1/s1. The van der Waals surface area contributed by atoms with E-state index in [1.807, 2.05) is 19.9 Å². The Hall–Kier alpha value is -3.07. The van der Waals surface area contributed by atoms with Crippen LogP contribution in [0.4, 0.5) is 4.39 Å². The van der Waals surface area contributed by atoms with Crippen molar-refractivity contribution < 1.29 is 14.0 Å². The van der Waals surface area contributed by atoms with E-state index >= 15 is 0 Å². The Bertz CT molecular complexity index is 1070. The molecule has 1 aromatic heterocycles. The van der Waals surface area contributed by atoms with Gasteiger partial charge < -0.3 is 4.90 Å². The molecule has 1 amide bonds. The van der Waals surface area contributed by atoms with Crippen molar-refractivity contribution in [1.29, 1.82) is 5.26 Å². The minimum Gasteiger partial charge on any atom is -0.342 e. The van der Waals surface area contributed by atoms with Crippen LogP contribution < -0.4 is 0 Å². The SMILES string of the molecule is Cc1nc2cc(F)ccc2cc1C(=O)N(C)CC[C@@H]1C=C(C#N)C(=O)C(C)(C)C1. The van der Waals surface area contributed by atoms with Crippen molar-refractivity contribution in [2.45, 2.75) is 33.6 Å². The van der Waals surface area contributed by atoms with E-state index in [0.29, 0.717) is 41.5 Å². The van der Waals surface area contributed by atoms with Crippen molar-refractivity contribution in [3.05, 3.63) is 53.0 Å². The van der Waals surface area contributed by atoms with Crippen molar-refractivity contribution in [1.82, 2.24) is 9.88 Å². The van der Waals surface area contributed by atoms with E-state index in [1.165, 1.54) is 12.1 Å². The minimum absolute atomic E-state index is 0.0615. The number of benzene rings is 1. The van der Waals surface area contributed by atoms with E-state index in [0.717, 1.165) is 0 Å². The summed E-state index contributed by atoms with van der Waals surface area (Å²) in [6.45, 7) is 5.94. The number of ketones is 1. The largest absolute Gasteiger partial charge is 0.342 e. The van der Waals surface area contributed by atoms with Gasteiger partial charge in [0.2, 0.25) is 0 Å². The molecular formula is C23H24FN3O2. The zero-order valence-corrected chi connectivity index (χ0v) is 17.1. The Morgan fingerprint density at radius 2 is 2.10 bits per heavy atom. The lowest BCUT2D eigenvalue weighted by atomic mass is 9.71. The summed E-state index contributed by atoms with van der Waals surface area (Å²) in [5.41, 5.74) is 1.20. The van der Waals surface area contributed by atoms with Crippen LogP contribution in [0.2, 0.25) is 0 Å². The first-order chi connectivity index (χ1) is 13.6. The molecule has 150 valence electrons. The number of halogens is 1. The molecule has 0 saturated carbocycles. The number of amides is 1. The highest BCUT2D eigenvalue weighted by atomic mass is 19.1. The second-order valence-electron chi connectivity index (χ2n) is 8.34. The lowest BCUT2D eigenvalue weighted by Gasteiger charge is -2.32. The Labute approximate surface area is 169 Å². The number of fused-ring (bicyclic) bond motifs is 1. The summed E-state index contributed by atoms with van der Waals surface area (Å²) >= 11 is 0. The summed E-state index contributed by atoms with van der Waals surface area (Å²) < 4.78 is 13.4. The molecule has 6 heteroatoms. The topological polar surface area (TPSA) is 74.1 Å². The number of nitrogens with zero attached hydrogens (tertiary/aromatic N) is 3. The van der Waals surface area contributed by atoms with E-state index < -0.39 is 5.41 Å². The molecule has 1 heterocycles. The van der Waals surface area contributed by atoms with Gasteiger partial charge in [-0.1, -0.05) is 19.9 Å². The molecule has 0 N–H and O–H groups in total. The molecular weight excluding hydrogens is 369 g/mol. The van der Waals surface area contributed by atoms with Gasteiger partial charge in [-0.25, -0.2) is 4.39 Å². The maximum atomic E-state index is 13.4. The molecule has 1 atom stereocenters. The summed E-state index contributed by atoms with van der Waals surface area (Å²) in [6.07, 6.45) is 3.06. The number of pyridine rings is 1. The first-order valence-corrected chi connectivity index (χ1v) is 9.61. The third-order valence-electron chi connectivity index (χ3n) is 5.54. The maximum Gasteiger partial charge on any atom is 0.255 e. The Kier molecular flexibility index (Phi) is 5.52. The van der Waals surface area contributed by atoms with E-state index in [2.05, 4.69) is 4.98 Å². The molecule has 2 aromatic rings. The fraction of sp³-hybridized carbons (Fsp3) is 0.391. The van der Waals surface area contributed by atoms with Crippen molar-refractivity contribution >= 4 is 22.6 Å². The van der Waals surface area contributed by atoms with Gasteiger partial charge in [-0.15, -0.1) is 0 Å². The average molecular weight is 393 g/mol. The van der Waals surface area contributed by atoms with Crippen molar-refractivity contribution in [3.63, 3.8) is 0 Å². The molecule has 0 unspecified atom stereocenters. The average Bonchev–Trinajstić information content (AvgIpc) is 2.67. The quantitative estimate of drug-likeness (QED) is 0.780. The minimum atomic E-state index is -0.568. The number of aryl methyl sites for hydroxylation is 1. The van der Waals surface area contributed by atoms with Crippen LogP contribution in [0, 0.1) is 35.4 Å². The summed E-state index contributed by atoms with van der Waals surface area (Å²) in [7, 11) is 1.73. The summed E-state index contributed by atoms with van der Waals surface area (Å²) in [5, 5.41) is 9.94. The van der Waals surface area contributed by atoms with Crippen LogP contribution in [0.25, 0.3) is 10.9 Å². The molecule has 29 heavy (non-hydrogen) atoms. The van der Waals surface area contributed by atoms with Gasteiger partial charge in [-0.2, -0.15) is 5.26 Å². The Morgan fingerprint density at radius 3 is 2.79 bits per heavy atom. The fourth-order valence-electron chi connectivity index (χ4n) is 3.88. The molecule has 0 saturated heterocycles. The summed E-state index contributed by atoms with van der Waals surface area (Å²) in [5.74, 6) is -0.572. The van der Waals surface area contributed by atoms with Crippen LogP contribution >= 0.6 is 0 Å². The number of hydrogen-bond donors (Lipinski definition) is 0. The number of aromatic nitrogens is 1. The van der Waals surface area contributed by atoms with Gasteiger partial charge in [-0.3, -0.25) is 14.6 Å². The van der Waals surface area contributed by atoms with Crippen LogP contribution in [0.3, 0.4) is 0 Å². The zero-order chi connectivity index (χ0) is 21.3. The highest BCUT2D eigenvalue weighted by Crippen LogP contribution is 2.36. The lowest BCUT2D eigenvalue weighted by molar-refractivity contribution is -0.124. The van der Waals surface area contributed by atoms with Crippen molar-refractivity contribution in [2.75, 3.05) is 13.6 Å². The van der Waals surface area contributed by atoms with Gasteiger partial charge in [-0.05, 0) is 43.9 Å². The first kappa shape index (κ1) is 20.7. The van der Waals surface area contributed by atoms with Crippen LogP contribution in [-0.4, -0.2) is 35.2 Å². The van der Waals surface area contributed by atoms with Gasteiger partial charge in [0, 0.05) is 30.5 Å². The predicted octanol–water partition coefficient (Wildman–Crippen LogP) is 4.21. The van der Waals surface area contributed by atoms with Crippen LogP contribution in [-0.2, 0) is 4.79 Å². The van der Waals surface area contributed by atoms with Gasteiger partial charge in [0.15, 0.2) is 5.78 Å². The van der Waals surface area contributed by atoms with E-state index in [4.69, 9.17) is 0 Å². The van der Waals surface area contributed by atoms with E-state index in [9.17, 15) is 19.2 Å². The Morgan fingerprint density at radius 1 is 1.38 bits per heavy atom. The molecule has 0 aliphatic heterocycles. The number of carbonyl (C=O) groups excluding carboxylic acids is 2. The molecule has 0 fully saturated rings. The first-order valence-electron chi connectivity index (χ1n) is 9.61. The molecule has 1 aliphatic carbocycles. The third kappa shape index (κ3) is 4.19. The van der Waals surface area contributed by atoms with Crippen LogP contribution in [0.1, 0.15) is 42.7 Å². The van der Waals surface area contributed by atoms with E-state index in [1.54, 1.807) is 37.1 Å². The molecule has 3 rings (SSSR count). The molecule has 0 radical (unpaired) electrons. The predicted molar refractivity (Wildman–Crippen MR) is 109 cm³/mol. The smallest absolute Gasteiger partial charge is 0.255 e. The highest BCUT2D eigenvalue weighted by Gasteiger charge is 2.36. The number of Topliss-reactive ketones (excluding diaryl/α,β-unsaturated/α-hetero) is 1. The molecule has 0 bridgehead atoms. The third-order valence-corrected chi connectivity index (χ3v) is 5.54. The number of rotatable bonds is 4. The normalized spacial score (nSPS) is 18.3. The summed E-state index contributed by atoms with van der Waals surface area (Å²) in [4.78, 5) is 31.2. The van der Waals surface area contributed by atoms with Crippen molar-refractivity contribution in [2.24, 2.45) is 11.3 Å². The second kappa shape index (κ2) is 7.75. The number of nitriles is 1. The highest BCUT2D eigenvalue weighted by molar-refractivity contribution is 6.03. The molecule has 1 aromatic carbocycles. The van der Waals surface area contributed by atoms with E-state index in [-0.39, 0.29) is 29.0 Å². The zero-order valence-electron chi connectivity index (χ0n) is 17.1. The van der Waals surface area contributed by atoms with Gasteiger partial charge in [0.25, 0.3) is 5.91 Å². The second-order valence-corrected chi connectivity index (χ2v) is 8.34.